The Morgan fingerprint density at radius 3 is 2.41 bits per heavy atom. The molecule has 2 aliphatic heterocycles. The second-order valence-electron chi connectivity index (χ2n) is 7.07. The summed E-state index contributed by atoms with van der Waals surface area (Å²) in [5.41, 5.74) is -0.144. The summed E-state index contributed by atoms with van der Waals surface area (Å²) in [6.07, 6.45) is 4.05. The third-order valence-corrected chi connectivity index (χ3v) is 4.84. The molecule has 0 aliphatic carbocycles. The van der Waals surface area contributed by atoms with E-state index in [1.807, 2.05) is 32.6 Å². The maximum absolute atomic E-state index is 13.5. The van der Waals surface area contributed by atoms with Gasteiger partial charge in [-0.25, -0.2) is 9.37 Å². The summed E-state index contributed by atoms with van der Waals surface area (Å²) in [6.45, 7) is 9.23. The number of nitrogens with zero attached hydrogens (tertiary/aromatic N) is 3. The summed E-state index contributed by atoms with van der Waals surface area (Å²) in [5, 5.41) is 0. The lowest BCUT2D eigenvalue weighted by molar-refractivity contribution is 0.00578. The highest BCUT2D eigenvalue weighted by Gasteiger charge is 2.52. The molecule has 0 bridgehead atoms. The van der Waals surface area contributed by atoms with Gasteiger partial charge in [0.25, 0.3) is 0 Å². The highest BCUT2D eigenvalue weighted by molar-refractivity contribution is 6.61. The molecule has 0 unspecified atom stereocenters. The quantitative estimate of drug-likeness (QED) is 0.779. The van der Waals surface area contributed by atoms with Crippen molar-refractivity contribution < 1.29 is 13.7 Å². The second kappa shape index (κ2) is 5.46. The van der Waals surface area contributed by atoms with Gasteiger partial charge in [-0.3, -0.25) is 4.98 Å². The first kappa shape index (κ1) is 15.7. The Balaban J connectivity index is 1.72. The minimum atomic E-state index is -0.779. The van der Waals surface area contributed by atoms with Crippen molar-refractivity contribution in [1.82, 2.24) is 9.97 Å². The fraction of sp³-hybridized carbons (Fsp3) is 0.733. The zero-order valence-corrected chi connectivity index (χ0v) is 13.7. The van der Waals surface area contributed by atoms with E-state index in [0.717, 1.165) is 13.0 Å². The monoisotopic (exact) mass is 307 g/mol. The molecule has 0 spiro atoms. The zero-order valence-electron chi connectivity index (χ0n) is 13.7. The molecule has 0 saturated carbocycles. The smallest absolute Gasteiger partial charge is 0.398 e. The lowest BCUT2D eigenvalue weighted by atomic mass is 9.85. The Hall–Kier alpha value is -1.21. The predicted molar refractivity (Wildman–Crippen MR) is 84.1 cm³/mol. The van der Waals surface area contributed by atoms with Crippen LogP contribution in [0.25, 0.3) is 0 Å². The van der Waals surface area contributed by atoms with Gasteiger partial charge in [-0.15, -0.1) is 0 Å². The Morgan fingerprint density at radius 2 is 1.86 bits per heavy atom. The minimum Gasteiger partial charge on any atom is -0.398 e. The van der Waals surface area contributed by atoms with E-state index in [1.165, 1.54) is 0 Å². The molecule has 5 nitrogen and oxygen atoms in total. The number of anilines is 1. The van der Waals surface area contributed by atoms with E-state index in [2.05, 4.69) is 9.97 Å². The minimum absolute atomic E-state index is 0.393. The number of alkyl halides is 1. The maximum atomic E-state index is 13.5. The van der Waals surface area contributed by atoms with Crippen LogP contribution in [0.5, 0.6) is 0 Å². The van der Waals surface area contributed by atoms with Gasteiger partial charge in [0.2, 0.25) is 0 Å². The maximum Gasteiger partial charge on any atom is 0.516 e. The Morgan fingerprint density at radius 1 is 1.18 bits per heavy atom. The molecule has 1 atom stereocenters. The third-order valence-electron chi connectivity index (χ3n) is 4.84. The molecule has 0 N–H and O–H groups in total. The Kier molecular flexibility index (Phi) is 3.89. The Bertz CT molecular complexity index is 522. The number of hydrogen-bond donors (Lipinski definition) is 0. The molecule has 120 valence electrons. The van der Waals surface area contributed by atoms with E-state index in [-0.39, 0.29) is 0 Å². The topological polar surface area (TPSA) is 47.5 Å². The van der Waals surface area contributed by atoms with Crippen molar-refractivity contribution in [3.63, 3.8) is 0 Å². The average molecular weight is 307 g/mol. The lowest BCUT2D eigenvalue weighted by Crippen LogP contribution is -2.41. The molecule has 3 heterocycles. The summed E-state index contributed by atoms with van der Waals surface area (Å²) in [5.74, 6) is 0.711. The fourth-order valence-corrected chi connectivity index (χ4v) is 2.71. The van der Waals surface area contributed by atoms with Gasteiger partial charge in [0.1, 0.15) is 12.0 Å². The summed E-state index contributed by atoms with van der Waals surface area (Å²) in [7, 11) is -0.512. The highest BCUT2D eigenvalue weighted by atomic mass is 19.1. The molecule has 2 aliphatic rings. The van der Waals surface area contributed by atoms with E-state index >= 15 is 0 Å². The van der Waals surface area contributed by atoms with Gasteiger partial charge in [0.15, 0.2) is 0 Å². The molecule has 0 amide bonds. The van der Waals surface area contributed by atoms with Crippen molar-refractivity contribution in [2.24, 2.45) is 0 Å². The standard InChI is InChI=1S/C15H23BFN3O2/c1-14(2)15(3,4)22-16(21-14)12-8-19-13(9-18-12)20-7-5-6-11(17)10-20/h8-9,11H,5-7,10H2,1-4H3/t11-/m0/s1. The first-order chi connectivity index (χ1) is 10.3. The lowest BCUT2D eigenvalue weighted by Gasteiger charge is -2.32. The van der Waals surface area contributed by atoms with E-state index in [4.69, 9.17) is 9.31 Å². The largest absolute Gasteiger partial charge is 0.516 e. The van der Waals surface area contributed by atoms with Crippen molar-refractivity contribution >= 4 is 18.5 Å². The first-order valence-corrected chi connectivity index (χ1v) is 7.85. The first-order valence-electron chi connectivity index (χ1n) is 7.85. The summed E-state index contributed by atoms with van der Waals surface area (Å²) in [6, 6.07) is 0. The van der Waals surface area contributed by atoms with Gasteiger partial charge < -0.3 is 14.2 Å². The normalized spacial score (nSPS) is 27.2. The molecule has 7 heteroatoms. The van der Waals surface area contributed by atoms with E-state index < -0.39 is 24.5 Å². The van der Waals surface area contributed by atoms with Gasteiger partial charge >= 0.3 is 7.12 Å². The van der Waals surface area contributed by atoms with Crippen LogP contribution in [-0.4, -0.2) is 47.5 Å². The SMILES string of the molecule is CC1(C)OB(c2cnc(N3CCC[C@H](F)C3)cn2)OC1(C)C. The van der Waals surface area contributed by atoms with Crippen LogP contribution in [0.2, 0.25) is 0 Å². The van der Waals surface area contributed by atoms with Crippen LogP contribution in [0.4, 0.5) is 10.2 Å². The molecule has 1 aromatic rings. The van der Waals surface area contributed by atoms with Gasteiger partial charge in [0, 0.05) is 12.7 Å². The van der Waals surface area contributed by atoms with Crippen LogP contribution in [0.3, 0.4) is 0 Å². The number of hydrogen-bond acceptors (Lipinski definition) is 5. The molecule has 2 saturated heterocycles. The molecule has 22 heavy (non-hydrogen) atoms. The van der Waals surface area contributed by atoms with Crippen LogP contribution in [-0.2, 0) is 9.31 Å². The van der Waals surface area contributed by atoms with Gasteiger partial charge in [0.05, 0.1) is 29.5 Å². The van der Waals surface area contributed by atoms with Crippen LogP contribution in [0.15, 0.2) is 12.4 Å². The summed E-state index contributed by atoms with van der Waals surface area (Å²) < 4.78 is 25.4. The van der Waals surface area contributed by atoms with E-state index in [1.54, 1.807) is 12.4 Å². The summed E-state index contributed by atoms with van der Waals surface area (Å²) in [4.78, 5) is 10.8. The molecule has 0 radical (unpaired) electrons. The number of rotatable bonds is 2. The zero-order chi connectivity index (χ0) is 16.0. The summed E-state index contributed by atoms with van der Waals surface area (Å²) >= 11 is 0. The van der Waals surface area contributed by atoms with Crippen molar-refractivity contribution in [2.75, 3.05) is 18.0 Å². The Labute approximate surface area is 131 Å². The number of halogens is 1. The predicted octanol–water partition coefficient (Wildman–Crippen LogP) is 1.71. The molecule has 3 rings (SSSR count). The second-order valence-corrected chi connectivity index (χ2v) is 7.07. The van der Waals surface area contributed by atoms with Crippen LogP contribution in [0.1, 0.15) is 40.5 Å². The fourth-order valence-electron chi connectivity index (χ4n) is 2.71. The number of piperidine rings is 1. The van der Waals surface area contributed by atoms with E-state index in [9.17, 15) is 4.39 Å². The number of aromatic nitrogens is 2. The van der Waals surface area contributed by atoms with Crippen molar-refractivity contribution in [2.45, 2.75) is 57.9 Å². The molecule has 2 fully saturated rings. The molecular formula is C15H23BFN3O2. The molecule has 0 aromatic carbocycles. The van der Waals surface area contributed by atoms with Crippen molar-refractivity contribution in [1.29, 1.82) is 0 Å². The van der Waals surface area contributed by atoms with Gasteiger partial charge in [-0.2, -0.15) is 0 Å². The third kappa shape index (κ3) is 2.84. The van der Waals surface area contributed by atoms with Crippen molar-refractivity contribution in [3.8, 4) is 0 Å². The van der Waals surface area contributed by atoms with Crippen LogP contribution in [0, 0.1) is 0 Å². The molecule has 1 aromatic heterocycles. The van der Waals surface area contributed by atoms with Crippen LogP contribution >= 0.6 is 0 Å². The van der Waals surface area contributed by atoms with Gasteiger partial charge in [-0.1, -0.05) is 0 Å². The average Bonchev–Trinajstić information content (AvgIpc) is 2.68. The van der Waals surface area contributed by atoms with Crippen molar-refractivity contribution in [3.05, 3.63) is 12.4 Å². The van der Waals surface area contributed by atoms with Crippen LogP contribution < -0.4 is 10.5 Å². The highest BCUT2D eigenvalue weighted by Crippen LogP contribution is 2.36. The molecular weight excluding hydrogens is 284 g/mol. The van der Waals surface area contributed by atoms with Gasteiger partial charge in [-0.05, 0) is 40.5 Å². The van der Waals surface area contributed by atoms with E-state index in [0.29, 0.717) is 24.4 Å².